The summed E-state index contributed by atoms with van der Waals surface area (Å²) in [5.74, 6) is 1.41. The Morgan fingerprint density at radius 1 is 1.35 bits per heavy atom. The maximum absolute atomic E-state index is 11.8. The van der Waals surface area contributed by atoms with E-state index in [0.717, 1.165) is 18.7 Å². The number of rotatable bonds is 6. The van der Waals surface area contributed by atoms with Crippen LogP contribution < -0.4 is 16.0 Å². The molecule has 2 rings (SSSR count). The van der Waals surface area contributed by atoms with Gasteiger partial charge in [0.2, 0.25) is 11.9 Å². The predicted octanol–water partition coefficient (Wildman–Crippen LogP) is 1.77. The van der Waals surface area contributed by atoms with Crippen LogP contribution in [0.5, 0.6) is 0 Å². The lowest BCUT2D eigenvalue weighted by atomic mass is 9.95. The molecule has 1 aliphatic carbocycles. The van der Waals surface area contributed by atoms with E-state index in [4.69, 9.17) is 0 Å². The van der Waals surface area contributed by atoms with Crippen LogP contribution in [-0.4, -0.2) is 35.5 Å². The molecule has 0 aliphatic heterocycles. The summed E-state index contributed by atoms with van der Waals surface area (Å²) < 4.78 is 0. The smallest absolute Gasteiger partial charge is 0.224 e. The number of carbonyl (C=O) groups excluding carboxylic acids is 1. The highest BCUT2D eigenvalue weighted by Crippen LogP contribution is 2.17. The topological polar surface area (TPSA) is 78.9 Å². The highest BCUT2D eigenvalue weighted by atomic mass is 16.1. The molecule has 0 saturated heterocycles. The molecule has 1 heterocycles. The summed E-state index contributed by atoms with van der Waals surface area (Å²) in [5.41, 5.74) is 0. The minimum absolute atomic E-state index is 0.106. The van der Waals surface area contributed by atoms with Crippen LogP contribution in [-0.2, 0) is 4.79 Å². The first-order chi connectivity index (χ1) is 9.78. The average Bonchev–Trinajstić information content (AvgIpc) is 2.48. The van der Waals surface area contributed by atoms with Crippen molar-refractivity contribution in [1.29, 1.82) is 0 Å². The number of aromatic nitrogens is 2. The van der Waals surface area contributed by atoms with Crippen molar-refractivity contribution in [2.75, 3.05) is 24.2 Å². The molecule has 0 atom stereocenters. The predicted molar refractivity (Wildman–Crippen MR) is 79.7 cm³/mol. The third-order valence-electron chi connectivity index (χ3n) is 3.52. The first-order valence-corrected chi connectivity index (χ1v) is 7.32. The minimum atomic E-state index is 0.106. The zero-order valence-electron chi connectivity index (χ0n) is 12.0. The van der Waals surface area contributed by atoms with Gasteiger partial charge in [0.15, 0.2) is 0 Å². The molecule has 1 aromatic heterocycles. The van der Waals surface area contributed by atoms with E-state index < -0.39 is 0 Å². The Labute approximate surface area is 119 Å². The standard InChI is InChI=1S/C14H23N5O/c1-15-12-7-9-16-14(19-12)17-10-8-13(20)18-11-5-3-2-4-6-11/h7,9,11H,2-6,8,10H2,1H3,(H,18,20)(H2,15,16,17,19). The lowest BCUT2D eigenvalue weighted by molar-refractivity contribution is -0.121. The molecule has 0 unspecified atom stereocenters. The molecule has 1 aliphatic rings. The highest BCUT2D eigenvalue weighted by molar-refractivity contribution is 5.76. The van der Waals surface area contributed by atoms with Gasteiger partial charge in [-0.25, -0.2) is 4.98 Å². The second kappa shape index (κ2) is 7.67. The number of anilines is 2. The summed E-state index contributed by atoms with van der Waals surface area (Å²) in [5, 5.41) is 9.11. The fraction of sp³-hybridized carbons (Fsp3) is 0.643. The number of carbonyl (C=O) groups is 1. The minimum Gasteiger partial charge on any atom is -0.373 e. The van der Waals surface area contributed by atoms with Crippen LogP contribution >= 0.6 is 0 Å². The molecule has 0 radical (unpaired) electrons. The van der Waals surface area contributed by atoms with Crippen molar-refractivity contribution < 1.29 is 4.79 Å². The maximum atomic E-state index is 11.8. The Bertz CT molecular complexity index is 431. The van der Waals surface area contributed by atoms with E-state index in [1.807, 2.05) is 7.05 Å². The van der Waals surface area contributed by atoms with Crippen molar-refractivity contribution >= 4 is 17.7 Å². The maximum Gasteiger partial charge on any atom is 0.224 e. The van der Waals surface area contributed by atoms with E-state index in [-0.39, 0.29) is 5.91 Å². The van der Waals surface area contributed by atoms with Crippen LogP contribution in [0, 0.1) is 0 Å². The van der Waals surface area contributed by atoms with Crippen molar-refractivity contribution in [3.8, 4) is 0 Å². The quantitative estimate of drug-likeness (QED) is 0.738. The average molecular weight is 277 g/mol. The van der Waals surface area contributed by atoms with Gasteiger partial charge in [0.25, 0.3) is 0 Å². The second-order valence-electron chi connectivity index (χ2n) is 5.09. The number of nitrogens with one attached hydrogen (secondary N) is 3. The number of nitrogens with zero attached hydrogens (tertiary/aromatic N) is 2. The molecule has 0 spiro atoms. The molecular weight excluding hydrogens is 254 g/mol. The third kappa shape index (κ3) is 4.68. The van der Waals surface area contributed by atoms with E-state index >= 15 is 0 Å². The van der Waals surface area contributed by atoms with Crippen molar-refractivity contribution in [1.82, 2.24) is 15.3 Å². The molecular formula is C14H23N5O. The molecule has 1 fully saturated rings. The zero-order chi connectivity index (χ0) is 14.2. The molecule has 1 amide bonds. The number of hydrogen-bond acceptors (Lipinski definition) is 5. The van der Waals surface area contributed by atoms with Gasteiger partial charge in [-0.1, -0.05) is 19.3 Å². The monoisotopic (exact) mass is 277 g/mol. The first kappa shape index (κ1) is 14.6. The van der Waals surface area contributed by atoms with Gasteiger partial charge in [-0.15, -0.1) is 0 Å². The van der Waals surface area contributed by atoms with Crippen molar-refractivity contribution in [3.63, 3.8) is 0 Å². The van der Waals surface area contributed by atoms with Gasteiger partial charge in [-0.05, 0) is 18.9 Å². The summed E-state index contributed by atoms with van der Waals surface area (Å²) in [7, 11) is 1.81. The largest absolute Gasteiger partial charge is 0.373 e. The molecule has 110 valence electrons. The molecule has 0 aromatic carbocycles. The van der Waals surface area contributed by atoms with Crippen molar-refractivity contribution in [2.45, 2.75) is 44.6 Å². The summed E-state index contributed by atoms with van der Waals surface area (Å²) >= 11 is 0. The van der Waals surface area contributed by atoms with Gasteiger partial charge in [-0.3, -0.25) is 4.79 Å². The summed E-state index contributed by atoms with van der Waals surface area (Å²) in [6.07, 6.45) is 8.13. The van der Waals surface area contributed by atoms with Crippen LogP contribution in [0.15, 0.2) is 12.3 Å². The summed E-state index contributed by atoms with van der Waals surface area (Å²) in [4.78, 5) is 20.2. The van der Waals surface area contributed by atoms with Gasteiger partial charge in [0.05, 0.1) is 0 Å². The third-order valence-corrected chi connectivity index (χ3v) is 3.52. The van der Waals surface area contributed by atoms with E-state index in [9.17, 15) is 4.79 Å². The fourth-order valence-corrected chi connectivity index (χ4v) is 2.42. The molecule has 3 N–H and O–H groups in total. The molecule has 0 bridgehead atoms. The summed E-state index contributed by atoms with van der Waals surface area (Å²) in [6, 6.07) is 2.17. The SMILES string of the molecule is CNc1ccnc(NCCC(=O)NC2CCCCC2)n1. The van der Waals surface area contributed by atoms with Gasteiger partial charge < -0.3 is 16.0 Å². The van der Waals surface area contributed by atoms with Crippen LogP contribution in [0.3, 0.4) is 0 Å². The number of amides is 1. The highest BCUT2D eigenvalue weighted by Gasteiger charge is 2.15. The Kier molecular flexibility index (Phi) is 5.58. The Morgan fingerprint density at radius 3 is 2.90 bits per heavy atom. The molecule has 1 aromatic rings. The van der Waals surface area contributed by atoms with E-state index in [2.05, 4.69) is 25.9 Å². The van der Waals surface area contributed by atoms with Crippen molar-refractivity contribution in [2.24, 2.45) is 0 Å². The van der Waals surface area contributed by atoms with Gasteiger partial charge in [-0.2, -0.15) is 4.98 Å². The lowest BCUT2D eigenvalue weighted by Crippen LogP contribution is -2.36. The van der Waals surface area contributed by atoms with Crippen LogP contribution in [0.2, 0.25) is 0 Å². The van der Waals surface area contributed by atoms with Crippen molar-refractivity contribution in [3.05, 3.63) is 12.3 Å². The Morgan fingerprint density at radius 2 is 2.15 bits per heavy atom. The Hall–Kier alpha value is -1.85. The molecule has 6 nitrogen and oxygen atoms in total. The van der Waals surface area contributed by atoms with Gasteiger partial charge >= 0.3 is 0 Å². The summed E-state index contributed by atoms with van der Waals surface area (Å²) in [6.45, 7) is 0.547. The Balaban J connectivity index is 1.67. The van der Waals surface area contributed by atoms with Crippen LogP contribution in [0.25, 0.3) is 0 Å². The van der Waals surface area contributed by atoms with Crippen LogP contribution in [0.1, 0.15) is 38.5 Å². The van der Waals surface area contributed by atoms with E-state index in [1.54, 1.807) is 12.3 Å². The van der Waals surface area contributed by atoms with Gasteiger partial charge in [0.1, 0.15) is 5.82 Å². The molecule has 1 saturated carbocycles. The molecule has 6 heteroatoms. The van der Waals surface area contributed by atoms with Crippen LogP contribution in [0.4, 0.5) is 11.8 Å². The van der Waals surface area contributed by atoms with E-state index in [1.165, 1.54) is 19.3 Å². The fourth-order valence-electron chi connectivity index (χ4n) is 2.42. The molecule has 20 heavy (non-hydrogen) atoms. The second-order valence-corrected chi connectivity index (χ2v) is 5.09. The number of hydrogen-bond donors (Lipinski definition) is 3. The normalized spacial score (nSPS) is 15.7. The van der Waals surface area contributed by atoms with E-state index in [0.29, 0.717) is 25.0 Å². The first-order valence-electron chi connectivity index (χ1n) is 7.32. The lowest BCUT2D eigenvalue weighted by Gasteiger charge is -2.22. The van der Waals surface area contributed by atoms with Gasteiger partial charge in [0, 0.05) is 32.3 Å². The zero-order valence-corrected chi connectivity index (χ0v) is 12.0.